The van der Waals surface area contributed by atoms with Gasteiger partial charge in [0.1, 0.15) is 17.2 Å². The molecule has 0 saturated carbocycles. The number of aryl methyl sites for hydroxylation is 1. The van der Waals surface area contributed by atoms with Gasteiger partial charge < -0.3 is 5.32 Å². The molecule has 5 nitrogen and oxygen atoms in total. The number of aromatic nitrogens is 4. The van der Waals surface area contributed by atoms with Crippen molar-refractivity contribution in [3.63, 3.8) is 0 Å². The van der Waals surface area contributed by atoms with Crippen molar-refractivity contribution in [3.05, 3.63) is 40.7 Å². The maximum Gasteiger partial charge on any atom is 0.138 e. The van der Waals surface area contributed by atoms with Gasteiger partial charge in [0.05, 0.1) is 17.1 Å². The zero-order valence-electron chi connectivity index (χ0n) is 11.4. The van der Waals surface area contributed by atoms with Crippen LogP contribution in [-0.2, 0) is 19.5 Å². The first-order valence-electron chi connectivity index (χ1n) is 6.97. The average molecular weight is 317 g/mol. The van der Waals surface area contributed by atoms with Crippen molar-refractivity contribution in [2.75, 3.05) is 0 Å². The third kappa shape index (κ3) is 2.76. The number of nitrogens with zero attached hydrogens (tertiary/aromatic N) is 4. The highest BCUT2D eigenvalue weighted by Gasteiger charge is 2.19. The van der Waals surface area contributed by atoms with Gasteiger partial charge >= 0.3 is 0 Å². The molecule has 1 aliphatic heterocycles. The first-order chi connectivity index (χ1) is 10.4. The minimum Gasteiger partial charge on any atom is -0.306 e. The average Bonchev–Trinajstić information content (AvgIpc) is 3.24. The number of fused-ring (bicyclic) bond motifs is 1. The third-order valence-corrected chi connectivity index (χ3v) is 5.59. The van der Waals surface area contributed by atoms with E-state index in [9.17, 15) is 0 Å². The van der Waals surface area contributed by atoms with Gasteiger partial charge in [-0.05, 0) is 17.9 Å². The third-order valence-electron chi connectivity index (χ3n) is 3.66. The zero-order chi connectivity index (χ0) is 14.1. The van der Waals surface area contributed by atoms with Crippen LogP contribution in [0, 0.1) is 0 Å². The molecule has 1 aliphatic rings. The van der Waals surface area contributed by atoms with Gasteiger partial charge in [-0.25, -0.2) is 14.6 Å². The second-order valence-corrected chi connectivity index (χ2v) is 6.90. The van der Waals surface area contributed by atoms with Crippen LogP contribution in [0.25, 0.3) is 9.88 Å². The van der Waals surface area contributed by atoms with Gasteiger partial charge in [0.2, 0.25) is 0 Å². The molecule has 3 aromatic rings. The fraction of sp³-hybridized carbons (Fsp3) is 0.357. The van der Waals surface area contributed by atoms with E-state index in [1.54, 1.807) is 29.0 Å². The summed E-state index contributed by atoms with van der Waals surface area (Å²) < 4.78 is 2.00. The normalized spacial score (nSPS) is 17.8. The summed E-state index contributed by atoms with van der Waals surface area (Å²) in [6.45, 7) is 1.72. The van der Waals surface area contributed by atoms with Crippen molar-refractivity contribution >= 4 is 22.7 Å². The van der Waals surface area contributed by atoms with Gasteiger partial charge in [0.25, 0.3) is 0 Å². The molecule has 0 aromatic carbocycles. The number of thiazole rings is 1. The fourth-order valence-electron chi connectivity index (χ4n) is 2.55. The van der Waals surface area contributed by atoms with Crippen LogP contribution in [0.2, 0.25) is 0 Å². The maximum atomic E-state index is 4.70. The molecule has 4 rings (SSSR count). The van der Waals surface area contributed by atoms with Crippen molar-refractivity contribution in [1.29, 1.82) is 0 Å². The Labute approximate surface area is 130 Å². The Morgan fingerprint density at radius 2 is 2.38 bits per heavy atom. The second kappa shape index (κ2) is 5.67. The Bertz CT molecular complexity index is 715. The summed E-state index contributed by atoms with van der Waals surface area (Å²) in [6.07, 6.45) is 3.75. The molecule has 0 radical (unpaired) electrons. The molecule has 1 N–H and O–H groups in total. The van der Waals surface area contributed by atoms with Gasteiger partial charge in [-0.1, -0.05) is 6.07 Å². The summed E-state index contributed by atoms with van der Waals surface area (Å²) in [5.74, 6) is 1.10. The quantitative estimate of drug-likeness (QED) is 0.803. The molecule has 21 heavy (non-hydrogen) atoms. The maximum absolute atomic E-state index is 4.70. The highest BCUT2D eigenvalue weighted by atomic mass is 32.1. The molecule has 3 aromatic heterocycles. The molecule has 7 heteroatoms. The van der Waals surface area contributed by atoms with Crippen LogP contribution in [-0.4, -0.2) is 25.8 Å². The van der Waals surface area contributed by atoms with Crippen LogP contribution >= 0.6 is 22.7 Å². The number of nitrogens with one attached hydrogen (secondary N) is 1. The zero-order valence-corrected chi connectivity index (χ0v) is 13.0. The molecule has 108 valence electrons. The van der Waals surface area contributed by atoms with Crippen LogP contribution in [0.4, 0.5) is 0 Å². The summed E-state index contributed by atoms with van der Waals surface area (Å²) in [6, 6.07) is 4.64. The SMILES string of the molecule is c1csc(-c2nc(CN[C@@H]3CCc4ncnn4C3)cs2)c1. The Morgan fingerprint density at radius 3 is 3.29 bits per heavy atom. The van der Waals surface area contributed by atoms with Gasteiger partial charge in [-0.3, -0.25) is 0 Å². The minimum atomic E-state index is 0.450. The highest BCUT2D eigenvalue weighted by molar-refractivity contribution is 7.20. The van der Waals surface area contributed by atoms with Crippen molar-refractivity contribution < 1.29 is 0 Å². The predicted octanol–water partition coefficient (Wildman–Crippen LogP) is 2.57. The van der Waals surface area contributed by atoms with E-state index in [2.05, 4.69) is 38.3 Å². The van der Waals surface area contributed by atoms with E-state index in [1.165, 1.54) is 4.88 Å². The lowest BCUT2D eigenvalue weighted by atomic mass is 10.1. The monoisotopic (exact) mass is 317 g/mol. The molecular weight excluding hydrogens is 302 g/mol. The van der Waals surface area contributed by atoms with Crippen LogP contribution in [0.3, 0.4) is 0 Å². The lowest BCUT2D eigenvalue weighted by molar-refractivity contribution is 0.357. The van der Waals surface area contributed by atoms with E-state index in [4.69, 9.17) is 4.98 Å². The number of hydrogen-bond acceptors (Lipinski definition) is 6. The molecule has 0 amide bonds. The van der Waals surface area contributed by atoms with E-state index >= 15 is 0 Å². The molecule has 0 unspecified atom stereocenters. The lowest BCUT2D eigenvalue weighted by Crippen LogP contribution is -2.37. The fourth-order valence-corrected chi connectivity index (χ4v) is 4.19. The molecule has 0 fully saturated rings. The second-order valence-electron chi connectivity index (χ2n) is 5.10. The Kier molecular flexibility index (Phi) is 3.54. The predicted molar refractivity (Wildman–Crippen MR) is 84.4 cm³/mol. The Balaban J connectivity index is 1.37. The van der Waals surface area contributed by atoms with E-state index in [0.717, 1.165) is 42.5 Å². The van der Waals surface area contributed by atoms with Crippen molar-refractivity contribution in [3.8, 4) is 9.88 Å². The number of rotatable bonds is 4. The summed E-state index contributed by atoms with van der Waals surface area (Å²) in [5.41, 5.74) is 1.12. The topological polar surface area (TPSA) is 55.6 Å². The van der Waals surface area contributed by atoms with Crippen LogP contribution in [0.5, 0.6) is 0 Å². The van der Waals surface area contributed by atoms with Crippen LogP contribution in [0.1, 0.15) is 17.9 Å². The van der Waals surface area contributed by atoms with E-state index in [1.807, 2.05) is 4.68 Å². The number of thiophene rings is 1. The van der Waals surface area contributed by atoms with Crippen LogP contribution in [0.15, 0.2) is 29.2 Å². The summed E-state index contributed by atoms with van der Waals surface area (Å²) in [5, 5.41) is 13.2. The molecule has 0 spiro atoms. The minimum absolute atomic E-state index is 0.450. The van der Waals surface area contributed by atoms with Gasteiger partial charge in [-0.2, -0.15) is 5.10 Å². The van der Waals surface area contributed by atoms with E-state index < -0.39 is 0 Å². The molecule has 4 heterocycles. The molecule has 0 bridgehead atoms. The van der Waals surface area contributed by atoms with E-state index in [0.29, 0.717) is 6.04 Å². The number of hydrogen-bond donors (Lipinski definition) is 1. The van der Waals surface area contributed by atoms with Gasteiger partial charge in [-0.15, -0.1) is 22.7 Å². The molecule has 0 saturated heterocycles. The summed E-state index contributed by atoms with van der Waals surface area (Å²) in [7, 11) is 0. The van der Waals surface area contributed by atoms with Crippen molar-refractivity contribution in [2.45, 2.75) is 32.0 Å². The van der Waals surface area contributed by atoms with Gasteiger partial charge in [0.15, 0.2) is 0 Å². The molecule has 0 aliphatic carbocycles. The smallest absolute Gasteiger partial charge is 0.138 e. The molecular formula is C14H15N5S2. The largest absolute Gasteiger partial charge is 0.306 e. The summed E-state index contributed by atoms with van der Waals surface area (Å²) in [4.78, 5) is 10.2. The standard InChI is InChI=1S/C14H15N5S2/c1-2-12(20-5-1)14-18-11(8-21-14)6-15-10-3-4-13-16-9-17-19(13)7-10/h1-2,5,8-10,15H,3-4,6-7H2/t10-/m1/s1. The van der Waals surface area contributed by atoms with Crippen molar-refractivity contribution in [2.24, 2.45) is 0 Å². The first kappa shape index (κ1) is 13.1. The highest BCUT2D eigenvalue weighted by Crippen LogP contribution is 2.27. The molecule has 1 atom stereocenters. The van der Waals surface area contributed by atoms with Gasteiger partial charge in [0, 0.05) is 24.4 Å². The Hall–Kier alpha value is -1.57. The Morgan fingerprint density at radius 1 is 1.38 bits per heavy atom. The van der Waals surface area contributed by atoms with E-state index in [-0.39, 0.29) is 0 Å². The first-order valence-corrected chi connectivity index (χ1v) is 8.73. The summed E-state index contributed by atoms with van der Waals surface area (Å²) >= 11 is 3.45. The van der Waals surface area contributed by atoms with Crippen molar-refractivity contribution in [1.82, 2.24) is 25.1 Å². The van der Waals surface area contributed by atoms with Crippen LogP contribution < -0.4 is 5.32 Å². The lowest BCUT2D eigenvalue weighted by Gasteiger charge is -2.23.